The molecule has 0 radical (unpaired) electrons. The van der Waals surface area contributed by atoms with E-state index < -0.39 is 0 Å². The van der Waals surface area contributed by atoms with Gasteiger partial charge in [0.1, 0.15) is 5.82 Å². The van der Waals surface area contributed by atoms with Crippen LogP contribution < -0.4 is 5.32 Å². The number of aromatic nitrogens is 3. The lowest BCUT2D eigenvalue weighted by molar-refractivity contribution is 0.685. The van der Waals surface area contributed by atoms with Crippen molar-refractivity contribution < 1.29 is 0 Å². The Labute approximate surface area is 115 Å². The molecule has 0 saturated carbocycles. The molecule has 0 aliphatic rings. The zero-order chi connectivity index (χ0) is 12.1. The number of hydrogen-bond acceptors (Lipinski definition) is 3. The minimum atomic E-state index is 0.753. The van der Waals surface area contributed by atoms with Crippen LogP contribution in [0.3, 0.4) is 0 Å². The van der Waals surface area contributed by atoms with Crippen molar-refractivity contribution in [1.29, 1.82) is 0 Å². The smallest absolute Gasteiger partial charge is 0.131 e. The third-order valence-corrected chi connectivity index (χ3v) is 2.92. The highest BCUT2D eigenvalue weighted by molar-refractivity contribution is 14.1. The van der Waals surface area contributed by atoms with Crippen molar-refractivity contribution in [3.05, 3.63) is 39.9 Å². The highest BCUT2D eigenvalue weighted by Crippen LogP contribution is 2.13. The van der Waals surface area contributed by atoms with E-state index in [9.17, 15) is 0 Å². The quantitative estimate of drug-likeness (QED) is 0.850. The van der Waals surface area contributed by atoms with Crippen molar-refractivity contribution in [2.75, 3.05) is 11.9 Å². The largest absolute Gasteiger partial charge is 0.370 e. The molecule has 2 rings (SSSR count). The van der Waals surface area contributed by atoms with E-state index in [1.54, 1.807) is 0 Å². The van der Waals surface area contributed by atoms with Crippen LogP contribution in [-0.2, 0) is 6.54 Å². The van der Waals surface area contributed by atoms with Crippen LogP contribution in [0.2, 0.25) is 0 Å². The Bertz CT molecular complexity index is 481. The van der Waals surface area contributed by atoms with Gasteiger partial charge in [0.15, 0.2) is 0 Å². The second-order valence-corrected chi connectivity index (χ2v) is 5.04. The Morgan fingerprint density at radius 3 is 3.06 bits per heavy atom. The van der Waals surface area contributed by atoms with E-state index in [-0.39, 0.29) is 0 Å². The molecule has 0 bridgehead atoms. The summed E-state index contributed by atoms with van der Waals surface area (Å²) >= 11 is 2.26. The molecule has 0 aromatic carbocycles. The summed E-state index contributed by atoms with van der Waals surface area (Å²) in [5, 5.41) is 7.62. The Morgan fingerprint density at radius 2 is 2.35 bits per heavy atom. The van der Waals surface area contributed by atoms with Gasteiger partial charge in [0.05, 0.1) is 16.3 Å². The molecule has 0 saturated heterocycles. The second-order valence-electron chi connectivity index (χ2n) is 3.79. The summed E-state index contributed by atoms with van der Waals surface area (Å²) in [6.07, 6.45) is 6.79. The van der Waals surface area contributed by atoms with E-state index in [2.05, 4.69) is 51.0 Å². The first kappa shape index (κ1) is 12.3. The highest BCUT2D eigenvalue weighted by Gasteiger charge is 2.04. The van der Waals surface area contributed by atoms with Crippen molar-refractivity contribution in [1.82, 2.24) is 14.8 Å². The highest BCUT2D eigenvalue weighted by atomic mass is 127. The predicted octanol–water partition coefficient (Wildman–Crippen LogP) is 2.75. The van der Waals surface area contributed by atoms with Crippen LogP contribution in [0, 0.1) is 3.57 Å². The van der Waals surface area contributed by atoms with Gasteiger partial charge in [-0.1, -0.05) is 13.0 Å². The summed E-state index contributed by atoms with van der Waals surface area (Å²) in [6.45, 7) is 3.84. The van der Waals surface area contributed by atoms with Crippen LogP contribution in [-0.4, -0.2) is 21.3 Å². The molecule has 0 unspecified atom stereocenters. The Morgan fingerprint density at radius 1 is 1.47 bits per heavy atom. The van der Waals surface area contributed by atoms with Gasteiger partial charge < -0.3 is 5.32 Å². The average Bonchev–Trinajstić information content (AvgIpc) is 2.74. The number of hydrogen-bond donors (Lipinski definition) is 1. The van der Waals surface area contributed by atoms with Gasteiger partial charge in [-0.05, 0) is 35.1 Å². The fourth-order valence-corrected chi connectivity index (χ4v) is 2.01. The molecule has 0 atom stereocenters. The zero-order valence-electron chi connectivity index (χ0n) is 9.73. The van der Waals surface area contributed by atoms with Crippen molar-refractivity contribution in [2.24, 2.45) is 0 Å². The molecular weight excluding hydrogens is 327 g/mol. The number of pyridine rings is 1. The molecule has 1 N–H and O–H groups in total. The molecular formula is C12H15IN4. The lowest BCUT2D eigenvalue weighted by Crippen LogP contribution is -2.08. The van der Waals surface area contributed by atoms with E-state index in [0.29, 0.717) is 0 Å². The van der Waals surface area contributed by atoms with Crippen molar-refractivity contribution in [3.63, 3.8) is 0 Å². The minimum absolute atomic E-state index is 0.753. The molecule has 0 aliphatic heterocycles. The summed E-state index contributed by atoms with van der Waals surface area (Å²) in [6, 6.07) is 4.04. The molecule has 2 aromatic rings. The summed E-state index contributed by atoms with van der Waals surface area (Å²) in [5.74, 6) is 0.958. The number of nitrogens with zero attached hydrogens (tertiary/aromatic N) is 3. The van der Waals surface area contributed by atoms with Gasteiger partial charge in [-0.3, -0.25) is 4.68 Å². The number of nitrogens with one attached hydrogen (secondary N) is 1. The molecule has 2 heterocycles. The topological polar surface area (TPSA) is 42.7 Å². The third-order valence-electron chi connectivity index (χ3n) is 2.37. The van der Waals surface area contributed by atoms with E-state index in [4.69, 9.17) is 0 Å². The van der Waals surface area contributed by atoms with E-state index in [1.807, 2.05) is 29.3 Å². The maximum atomic E-state index is 4.37. The molecule has 2 aromatic heterocycles. The first-order valence-corrected chi connectivity index (χ1v) is 6.73. The van der Waals surface area contributed by atoms with Gasteiger partial charge in [0.25, 0.3) is 0 Å². The molecule has 0 aliphatic carbocycles. The van der Waals surface area contributed by atoms with E-state index in [0.717, 1.165) is 28.9 Å². The van der Waals surface area contributed by atoms with Crippen LogP contribution in [0.15, 0.2) is 30.7 Å². The first-order chi connectivity index (χ1) is 8.29. The van der Waals surface area contributed by atoms with Crippen LogP contribution in [0.5, 0.6) is 0 Å². The summed E-state index contributed by atoms with van der Waals surface area (Å²) in [7, 11) is 0. The van der Waals surface area contributed by atoms with E-state index in [1.165, 1.54) is 5.56 Å². The first-order valence-electron chi connectivity index (χ1n) is 5.65. The molecule has 4 nitrogen and oxygen atoms in total. The molecule has 5 heteroatoms. The van der Waals surface area contributed by atoms with Gasteiger partial charge in [-0.2, -0.15) is 5.10 Å². The fraction of sp³-hybridized carbons (Fsp3) is 0.333. The molecule has 0 fully saturated rings. The van der Waals surface area contributed by atoms with Crippen LogP contribution in [0.1, 0.15) is 18.9 Å². The Kier molecular flexibility index (Phi) is 4.36. The van der Waals surface area contributed by atoms with Gasteiger partial charge in [0.2, 0.25) is 0 Å². The second kappa shape index (κ2) is 6.00. The fourth-order valence-electron chi connectivity index (χ4n) is 1.57. The lowest BCUT2D eigenvalue weighted by Gasteiger charge is -2.09. The zero-order valence-corrected chi connectivity index (χ0v) is 11.9. The lowest BCUT2D eigenvalue weighted by atomic mass is 10.2. The van der Waals surface area contributed by atoms with Crippen molar-refractivity contribution in [2.45, 2.75) is 19.9 Å². The van der Waals surface area contributed by atoms with Gasteiger partial charge in [-0.15, -0.1) is 0 Å². The maximum absolute atomic E-state index is 4.37. The summed E-state index contributed by atoms with van der Waals surface area (Å²) in [5.41, 5.74) is 1.17. The van der Waals surface area contributed by atoms with Gasteiger partial charge >= 0.3 is 0 Å². The summed E-state index contributed by atoms with van der Waals surface area (Å²) in [4.78, 5) is 4.37. The third kappa shape index (κ3) is 3.42. The molecule has 90 valence electrons. The number of rotatable bonds is 5. The number of halogens is 1. The number of anilines is 1. The maximum Gasteiger partial charge on any atom is 0.131 e. The van der Waals surface area contributed by atoms with Crippen molar-refractivity contribution in [3.8, 4) is 0 Å². The van der Waals surface area contributed by atoms with E-state index >= 15 is 0 Å². The molecule has 0 spiro atoms. The molecule has 17 heavy (non-hydrogen) atoms. The van der Waals surface area contributed by atoms with Crippen LogP contribution in [0.4, 0.5) is 5.82 Å². The average molecular weight is 342 g/mol. The van der Waals surface area contributed by atoms with Crippen LogP contribution >= 0.6 is 22.6 Å². The molecule has 0 amide bonds. The standard InChI is InChI=1S/C12H15IN4/c1-2-5-14-12-10(4-3-6-15-12)8-17-9-11(13)7-16-17/h3-4,6-7,9H,2,5,8H2,1H3,(H,14,15). The van der Waals surface area contributed by atoms with Gasteiger partial charge in [0, 0.05) is 24.5 Å². The summed E-state index contributed by atoms with van der Waals surface area (Å²) < 4.78 is 3.07. The Balaban J connectivity index is 2.14. The predicted molar refractivity (Wildman–Crippen MR) is 77.1 cm³/mol. The minimum Gasteiger partial charge on any atom is -0.370 e. The normalized spacial score (nSPS) is 10.5. The SMILES string of the molecule is CCCNc1ncccc1Cn1cc(I)cn1. The van der Waals surface area contributed by atoms with Crippen molar-refractivity contribution >= 4 is 28.4 Å². The Hall–Kier alpha value is -1.11. The monoisotopic (exact) mass is 342 g/mol. The van der Waals surface area contributed by atoms with Crippen LogP contribution in [0.25, 0.3) is 0 Å². The van der Waals surface area contributed by atoms with Gasteiger partial charge in [-0.25, -0.2) is 4.98 Å².